The zero-order valence-electron chi connectivity index (χ0n) is 13.7. The molecular formula is C19H21N3O2. The molecule has 0 spiro atoms. The second-order valence-electron chi connectivity index (χ2n) is 5.63. The highest BCUT2D eigenvalue weighted by atomic mass is 16.5. The molecule has 24 heavy (non-hydrogen) atoms. The van der Waals surface area contributed by atoms with Crippen molar-refractivity contribution >= 4 is 0 Å². The van der Waals surface area contributed by atoms with Gasteiger partial charge in [0.2, 0.25) is 11.7 Å². The predicted molar refractivity (Wildman–Crippen MR) is 92.6 cm³/mol. The number of aromatic nitrogens is 2. The minimum absolute atomic E-state index is 0.319. The van der Waals surface area contributed by atoms with Crippen LogP contribution < -0.4 is 10.5 Å². The normalized spacial score (nSPS) is 12.1. The SMILES string of the molecule is CCCOc1ccc(-c2noc([C@H](N)Cc3ccccc3)n2)cc1. The average Bonchev–Trinajstić information content (AvgIpc) is 3.11. The highest BCUT2D eigenvalue weighted by Crippen LogP contribution is 2.22. The van der Waals surface area contributed by atoms with Gasteiger partial charge in [-0.2, -0.15) is 4.98 Å². The van der Waals surface area contributed by atoms with Gasteiger partial charge in [-0.3, -0.25) is 0 Å². The number of hydrogen-bond acceptors (Lipinski definition) is 5. The second-order valence-corrected chi connectivity index (χ2v) is 5.63. The van der Waals surface area contributed by atoms with Gasteiger partial charge < -0.3 is 15.0 Å². The molecule has 3 rings (SSSR count). The second kappa shape index (κ2) is 7.75. The molecule has 2 N–H and O–H groups in total. The Morgan fingerprint density at radius 1 is 1.08 bits per heavy atom. The quantitative estimate of drug-likeness (QED) is 0.716. The van der Waals surface area contributed by atoms with Crippen molar-refractivity contribution in [1.29, 1.82) is 0 Å². The molecule has 0 amide bonds. The van der Waals surface area contributed by atoms with Crippen LogP contribution >= 0.6 is 0 Å². The van der Waals surface area contributed by atoms with E-state index in [0.717, 1.165) is 23.3 Å². The summed E-state index contributed by atoms with van der Waals surface area (Å²) in [6.07, 6.45) is 1.64. The molecule has 1 atom stereocenters. The Morgan fingerprint density at radius 3 is 2.54 bits per heavy atom. The number of benzene rings is 2. The first kappa shape index (κ1) is 16.2. The van der Waals surface area contributed by atoms with E-state index >= 15 is 0 Å². The highest BCUT2D eigenvalue weighted by molar-refractivity contribution is 5.55. The van der Waals surface area contributed by atoms with Gasteiger partial charge in [0, 0.05) is 5.56 Å². The van der Waals surface area contributed by atoms with Crippen molar-refractivity contribution in [2.45, 2.75) is 25.8 Å². The zero-order chi connectivity index (χ0) is 16.8. The zero-order valence-corrected chi connectivity index (χ0v) is 13.7. The Morgan fingerprint density at radius 2 is 1.83 bits per heavy atom. The lowest BCUT2D eigenvalue weighted by Crippen LogP contribution is -2.13. The van der Waals surface area contributed by atoms with Crippen LogP contribution in [0.4, 0.5) is 0 Å². The summed E-state index contributed by atoms with van der Waals surface area (Å²) in [7, 11) is 0. The first-order valence-electron chi connectivity index (χ1n) is 8.12. The van der Waals surface area contributed by atoms with Gasteiger partial charge in [-0.15, -0.1) is 0 Å². The molecule has 5 heteroatoms. The molecule has 0 saturated carbocycles. The van der Waals surface area contributed by atoms with Gasteiger partial charge in [0.15, 0.2) is 0 Å². The maximum absolute atomic E-state index is 6.18. The van der Waals surface area contributed by atoms with Crippen LogP contribution in [0.5, 0.6) is 5.75 Å². The molecule has 0 aliphatic rings. The Bertz CT molecular complexity index is 754. The summed E-state index contributed by atoms with van der Waals surface area (Å²) >= 11 is 0. The molecule has 1 aromatic heterocycles. The summed E-state index contributed by atoms with van der Waals surface area (Å²) in [5.74, 6) is 1.82. The van der Waals surface area contributed by atoms with E-state index in [0.29, 0.717) is 24.7 Å². The maximum Gasteiger partial charge on any atom is 0.244 e. The van der Waals surface area contributed by atoms with Crippen LogP contribution in [0, 0.1) is 0 Å². The van der Waals surface area contributed by atoms with Crippen LogP contribution in [-0.4, -0.2) is 16.7 Å². The van der Waals surface area contributed by atoms with Gasteiger partial charge >= 0.3 is 0 Å². The van der Waals surface area contributed by atoms with Crippen molar-refractivity contribution in [1.82, 2.24) is 10.1 Å². The lowest BCUT2D eigenvalue weighted by molar-refractivity contribution is 0.317. The monoisotopic (exact) mass is 323 g/mol. The summed E-state index contributed by atoms with van der Waals surface area (Å²) < 4.78 is 10.9. The van der Waals surface area contributed by atoms with Crippen molar-refractivity contribution in [3.05, 3.63) is 66.1 Å². The van der Waals surface area contributed by atoms with Gasteiger partial charge in [0.25, 0.3) is 0 Å². The molecule has 0 aliphatic carbocycles. The Balaban J connectivity index is 1.68. The smallest absolute Gasteiger partial charge is 0.244 e. The highest BCUT2D eigenvalue weighted by Gasteiger charge is 2.16. The molecule has 0 saturated heterocycles. The van der Waals surface area contributed by atoms with Crippen LogP contribution in [0.3, 0.4) is 0 Å². The van der Waals surface area contributed by atoms with Crippen LogP contribution in [0.25, 0.3) is 11.4 Å². The van der Waals surface area contributed by atoms with Crippen LogP contribution in [0.1, 0.15) is 30.8 Å². The summed E-state index contributed by atoms with van der Waals surface area (Å²) in [6.45, 7) is 2.79. The Hall–Kier alpha value is -2.66. The summed E-state index contributed by atoms with van der Waals surface area (Å²) in [5.41, 5.74) is 8.20. The molecule has 0 bridgehead atoms. The summed E-state index contributed by atoms with van der Waals surface area (Å²) in [6, 6.07) is 17.4. The fourth-order valence-corrected chi connectivity index (χ4v) is 2.38. The van der Waals surface area contributed by atoms with Crippen molar-refractivity contribution in [2.75, 3.05) is 6.61 Å². The molecule has 5 nitrogen and oxygen atoms in total. The van der Waals surface area contributed by atoms with Crippen LogP contribution in [0.15, 0.2) is 59.1 Å². The molecule has 1 heterocycles. The Labute approximate surface area is 141 Å². The summed E-state index contributed by atoms with van der Waals surface area (Å²) in [4.78, 5) is 4.42. The van der Waals surface area contributed by atoms with E-state index in [1.165, 1.54) is 0 Å². The van der Waals surface area contributed by atoms with Gasteiger partial charge in [-0.05, 0) is 42.7 Å². The number of nitrogens with two attached hydrogens (primary N) is 1. The largest absolute Gasteiger partial charge is 0.494 e. The fourth-order valence-electron chi connectivity index (χ4n) is 2.38. The van der Waals surface area contributed by atoms with Crippen molar-refractivity contribution in [3.63, 3.8) is 0 Å². The van der Waals surface area contributed by atoms with Gasteiger partial charge in [0.1, 0.15) is 5.75 Å². The molecule has 0 radical (unpaired) electrons. The lowest BCUT2D eigenvalue weighted by atomic mass is 10.1. The van der Waals surface area contributed by atoms with E-state index in [4.69, 9.17) is 15.0 Å². The Kier molecular flexibility index (Phi) is 5.23. The minimum Gasteiger partial charge on any atom is -0.494 e. The maximum atomic E-state index is 6.18. The lowest BCUT2D eigenvalue weighted by Gasteiger charge is -2.06. The van der Waals surface area contributed by atoms with Gasteiger partial charge in [-0.1, -0.05) is 42.4 Å². The van der Waals surface area contributed by atoms with E-state index < -0.39 is 0 Å². The van der Waals surface area contributed by atoms with E-state index in [-0.39, 0.29) is 6.04 Å². The van der Waals surface area contributed by atoms with E-state index in [9.17, 15) is 0 Å². The van der Waals surface area contributed by atoms with Gasteiger partial charge in [0.05, 0.1) is 12.6 Å². The van der Waals surface area contributed by atoms with Crippen molar-refractivity contribution < 1.29 is 9.26 Å². The average molecular weight is 323 g/mol. The van der Waals surface area contributed by atoms with Crippen molar-refractivity contribution in [3.8, 4) is 17.1 Å². The van der Waals surface area contributed by atoms with Crippen LogP contribution in [-0.2, 0) is 6.42 Å². The van der Waals surface area contributed by atoms with Gasteiger partial charge in [-0.25, -0.2) is 0 Å². The molecular weight excluding hydrogens is 302 g/mol. The number of rotatable bonds is 7. The molecule has 2 aromatic carbocycles. The molecule has 0 aliphatic heterocycles. The van der Waals surface area contributed by atoms with E-state index in [1.54, 1.807) is 0 Å². The fraction of sp³-hybridized carbons (Fsp3) is 0.263. The molecule has 0 unspecified atom stereocenters. The first-order chi connectivity index (χ1) is 11.8. The topological polar surface area (TPSA) is 74.2 Å². The number of nitrogens with zero attached hydrogens (tertiary/aromatic N) is 2. The third kappa shape index (κ3) is 4.00. The third-order valence-electron chi connectivity index (χ3n) is 3.64. The predicted octanol–water partition coefficient (Wildman–Crippen LogP) is 3.77. The minimum atomic E-state index is -0.319. The van der Waals surface area contributed by atoms with E-state index in [2.05, 4.69) is 17.1 Å². The summed E-state index contributed by atoms with van der Waals surface area (Å²) in [5, 5.41) is 4.03. The van der Waals surface area contributed by atoms with E-state index in [1.807, 2.05) is 54.6 Å². The van der Waals surface area contributed by atoms with Crippen LogP contribution in [0.2, 0.25) is 0 Å². The molecule has 124 valence electrons. The number of ether oxygens (including phenoxy) is 1. The standard InChI is InChI=1S/C19H21N3O2/c1-2-12-23-16-10-8-15(9-11-16)18-21-19(24-22-18)17(20)13-14-6-4-3-5-7-14/h3-11,17H,2,12-13,20H2,1H3/t17-/m1/s1. The van der Waals surface area contributed by atoms with Crippen molar-refractivity contribution in [2.24, 2.45) is 5.73 Å². The first-order valence-corrected chi connectivity index (χ1v) is 8.12. The molecule has 0 fully saturated rings. The number of hydrogen-bond donors (Lipinski definition) is 1. The third-order valence-corrected chi connectivity index (χ3v) is 3.64. The molecule has 3 aromatic rings.